The Morgan fingerprint density at radius 2 is 2.31 bits per heavy atom. The third kappa shape index (κ3) is 2.31. The van der Waals surface area contributed by atoms with Gasteiger partial charge in [0.25, 0.3) is 0 Å². The smallest absolute Gasteiger partial charge is 0.191 e. The number of nitrogens with zero attached hydrogens (tertiary/aromatic N) is 3. The third-order valence-electron chi connectivity index (χ3n) is 2.25. The Hall–Kier alpha value is -2.04. The van der Waals surface area contributed by atoms with E-state index in [0.717, 1.165) is 5.56 Å². The molecule has 4 nitrogen and oxygen atoms in total. The summed E-state index contributed by atoms with van der Waals surface area (Å²) in [5, 5.41) is 3.91. The van der Waals surface area contributed by atoms with Gasteiger partial charge in [0.1, 0.15) is 12.1 Å². The molecule has 1 aromatic heterocycles. The number of aromatic nitrogens is 3. The van der Waals surface area contributed by atoms with Crippen molar-refractivity contribution in [3.8, 4) is 0 Å². The predicted octanol–water partition coefficient (Wildman–Crippen LogP) is 1.47. The van der Waals surface area contributed by atoms with Crippen LogP contribution in [0.25, 0.3) is 0 Å². The first kappa shape index (κ1) is 10.5. The van der Waals surface area contributed by atoms with Crippen molar-refractivity contribution in [2.24, 2.45) is 0 Å². The van der Waals surface area contributed by atoms with Crippen LogP contribution in [0.4, 0.5) is 4.39 Å². The quantitative estimate of drug-likeness (QED) is 0.731. The van der Waals surface area contributed by atoms with E-state index in [1.54, 1.807) is 6.07 Å². The summed E-state index contributed by atoms with van der Waals surface area (Å²) in [5.41, 5.74) is 0.868. The van der Waals surface area contributed by atoms with Gasteiger partial charge in [-0.05, 0) is 24.1 Å². The van der Waals surface area contributed by atoms with E-state index >= 15 is 0 Å². The van der Waals surface area contributed by atoms with Crippen molar-refractivity contribution in [3.63, 3.8) is 0 Å². The zero-order valence-electron chi connectivity index (χ0n) is 8.51. The normalized spacial score (nSPS) is 10.3. The Morgan fingerprint density at radius 1 is 1.44 bits per heavy atom. The lowest BCUT2D eigenvalue weighted by Crippen LogP contribution is -2.07. The molecule has 0 spiro atoms. The molecule has 0 unspecified atom stereocenters. The van der Waals surface area contributed by atoms with Gasteiger partial charge in [0.15, 0.2) is 12.1 Å². The molecule has 0 saturated carbocycles. The van der Waals surface area contributed by atoms with Crippen LogP contribution in [0.15, 0.2) is 30.6 Å². The molecule has 0 N–H and O–H groups in total. The van der Waals surface area contributed by atoms with Crippen LogP contribution in [0.1, 0.15) is 16.2 Å². The minimum absolute atomic E-state index is 0.258. The standard InChI is InChI=1S/C11H10FN3O/c12-10-3-1-2-9(6-10)4-5-15-11(7-16)13-8-14-15/h1-3,6-8H,4-5H2. The summed E-state index contributed by atoms with van der Waals surface area (Å²) < 4.78 is 14.4. The van der Waals surface area contributed by atoms with Crippen LogP contribution in [-0.2, 0) is 13.0 Å². The summed E-state index contributed by atoms with van der Waals surface area (Å²) >= 11 is 0. The molecule has 0 aliphatic carbocycles. The van der Waals surface area contributed by atoms with Gasteiger partial charge in [-0.15, -0.1) is 0 Å². The van der Waals surface area contributed by atoms with Gasteiger partial charge >= 0.3 is 0 Å². The second kappa shape index (κ2) is 4.65. The maximum absolute atomic E-state index is 12.9. The molecule has 1 heterocycles. The van der Waals surface area contributed by atoms with Crippen LogP contribution in [0.5, 0.6) is 0 Å². The number of carbonyl (C=O) groups excluding carboxylic acids is 1. The van der Waals surface area contributed by atoms with Crippen molar-refractivity contribution in [1.82, 2.24) is 14.8 Å². The van der Waals surface area contributed by atoms with E-state index in [1.165, 1.54) is 23.1 Å². The molecule has 0 amide bonds. The van der Waals surface area contributed by atoms with E-state index in [9.17, 15) is 9.18 Å². The third-order valence-corrected chi connectivity index (χ3v) is 2.25. The maximum atomic E-state index is 12.9. The zero-order chi connectivity index (χ0) is 11.4. The van der Waals surface area contributed by atoms with Gasteiger partial charge in [0, 0.05) is 6.54 Å². The summed E-state index contributed by atoms with van der Waals surface area (Å²) in [6, 6.07) is 6.36. The summed E-state index contributed by atoms with van der Waals surface area (Å²) in [5.74, 6) is 0.0307. The minimum Gasteiger partial charge on any atom is -0.294 e. The van der Waals surface area contributed by atoms with E-state index in [0.29, 0.717) is 19.3 Å². The monoisotopic (exact) mass is 219 g/mol. The molecule has 82 valence electrons. The van der Waals surface area contributed by atoms with E-state index in [-0.39, 0.29) is 11.6 Å². The molecule has 0 aliphatic heterocycles. The van der Waals surface area contributed by atoms with E-state index < -0.39 is 0 Å². The second-order valence-corrected chi connectivity index (χ2v) is 3.34. The Balaban J connectivity index is 2.05. The van der Waals surface area contributed by atoms with Crippen LogP contribution in [0.2, 0.25) is 0 Å². The molecule has 2 rings (SSSR count). The first-order valence-electron chi connectivity index (χ1n) is 4.87. The molecule has 0 fully saturated rings. The van der Waals surface area contributed by atoms with Crippen molar-refractivity contribution in [1.29, 1.82) is 0 Å². The summed E-state index contributed by atoms with van der Waals surface area (Å²) in [7, 11) is 0. The lowest BCUT2D eigenvalue weighted by Gasteiger charge is -2.02. The SMILES string of the molecule is O=Cc1ncnn1CCc1cccc(F)c1. The van der Waals surface area contributed by atoms with Crippen molar-refractivity contribution < 1.29 is 9.18 Å². The van der Waals surface area contributed by atoms with Gasteiger partial charge in [0.2, 0.25) is 0 Å². The van der Waals surface area contributed by atoms with Gasteiger partial charge in [-0.25, -0.2) is 14.1 Å². The number of hydrogen-bond acceptors (Lipinski definition) is 3. The van der Waals surface area contributed by atoms with Crippen molar-refractivity contribution in [2.45, 2.75) is 13.0 Å². The highest BCUT2D eigenvalue weighted by Gasteiger charge is 2.02. The van der Waals surface area contributed by atoms with E-state index in [2.05, 4.69) is 10.1 Å². The lowest BCUT2D eigenvalue weighted by molar-refractivity contribution is 0.111. The lowest BCUT2D eigenvalue weighted by atomic mass is 10.1. The van der Waals surface area contributed by atoms with Crippen LogP contribution < -0.4 is 0 Å². The number of halogens is 1. The van der Waals surface area contributed by atoms with E-state index in [1.807, 2.05) is 6.07 Å². The fourth-order valence-corrected chi connectivity index (χ4v) is 1.46. The molecular weight excluding hydrogens is 209 g/mol. The summed E-state index contributed by atoms with van der Waals surface area (Å²) in [4.78, 5) is 14.3. The van der Waals surface area contributed by atoms with Gasteiger partial charge < -0.3 is 0 Å². The van der Waals surface area contributed by atoms with Crippen LogP contribution in [0.3, 0.4) is 0 Å². The Kier molecular flexibility index (Phi) is 3.05. The number of benzene rings is 1. The Morgan fingerprint density at radius 3 is 3.06 bits per heavy atom. The van der Waals surface area contributed by atoms with E-state index in [4.69, 9.17) is 0 Å². The predicted molar refractivity (Wildman–Crippen MR) is 55.5 cm³/mol. The van der Waals surface area contributed by atoms with Crippen molar-refractivity contribution >= 4 is 6.29 Å². The van der Waals surface area contributed by atoms with Gasteiger partial charge in [-0.2, -0.15) is 5.10 Å². The van der Waals surface area contributed by atoms with Gasteiger partial charge in [0.05, 0.1) is 0 Å². The molecule has 0 atom stereocenters. The number of carbonyl (C=O) groups is 1. The average molecular weight is 219 g/mol. The molecule has 1 aromatic carbocycles. The highest BCUT2D eigenvalue weighted by molar-refractivity contribution is 5.68. The Labute approximate surface area is 91.7 Å². The van der Waals surface area contributed by atoms with Gasteiger partial charge in [-0.1, -0.05) is 12.1 Å². The highest BCUT2D eigenvalue weighted by atomic mass is 19.1. The largest absolute Gasteiger partial charge is 0.294 e. The minimum atomic E-state index is -0.258. The Bertz CT molecular complexity index is 495. The van der Waals surface area contributed by atoms with Crippen LogP contribution in [-0.4, -0.2) is 21.1 Å². The van der Waals surface area contributed by atoms with Crippen molar-refractivity contribution in [3.05, 3.63) is 47.8 Å². The molecule has 2 aromatic rings. The summed E-state index contributed by atoms with van der Waals surface area (Å²) in [6.07, 6.45) is 2.59. The molecule has 0 saturated heterocycles. The summed E-state index contributed by atoms with van der Waals surface area (Å²) in [6.45, 7) is 0.511. The first-order valence-corrected chi connectivity index (χ1v) is 4.87. The molecular formula is C11H10FN3O. The molecule has 0 bridgehead atoms. The average Bonchev–Trinajstić information content (AvgIpc) is 2.74. The number of aryl methyl sites for hydroxylation is 2. The maximum Gasteiger partial charge on any atom is 0.191 e. The van der Waals surface area contributed by atoms with Crippen LogP contribution in [0, 0.1) is 5.82 Å². The fraction of sp³-hybridized carbons (Fsp3) is 0.182. The zero-order valence-corrected chi connectivity index (χ0v) is 8.51. The first-order chi connectivity index (χ1) is 7.79. The number of hydrogen-bond donors (Lipinski definition) is 0. The van der Waals surface area contributed by atoms with Gasteiger partial charge in [-0.3, -0.25) is 4.79 Å². The van der Waals surface area contributed by atoms with Crippen LogP contribution >= 0.6 is 0 Å². The highest BCUT2D eigenvalue weighted by Crippen LogP contribution is 2.05. The fourth-order valence-electron chi connectivity index (χ4n) is 1.46. The molecule has 5 heteroatoms. The molecule has 0 aliphatic rings. The molecule has 0 radical (unpaired) electrons. The number of rotatable bonds is 4. The molecule has 16 heavy (non-hydrogen) atoms. The topological polar surface area (TPSA) is 47.8 Å². The second-order valence-electron chi connectivity index (χ2n) is 3.34. The van der Waals surface area contributed by atoms with Crippen molar-refractivity contribution in [2.75, 3.05) is 0 Å². The number of aldehydes is 1.